The molecule has 28 heavy (non-hydrogen) atoms. The Labute approximate surface area is 176 Å². The van der Waals surface area contributed by atoms with Crippen LogP contribution in [0.5, 0.6) is 0 Å². The van der Waals surface area contributed by atoms with Gasteiger partial charge in [-0.05, 0) is 59.7 Å². The fourth-order valence-electron chi connectivity index (χ4n) is 2.49. The van der Waals surface area contributed by atoms with Crippen molar-refractivity contribution in [2.24, 2.45) is 0 Å². The number of halogens is 1. The molecule has 0 aliphatic carbocycles. The third-order valence-electron chi connectivity index (χ3n) is 3.86. The Balaban J connectivity index is 1.67. The third-order valence-corrected chi connectivity index (χ3v) is 6.12. The lowest BCUT2D eigenvalue weighted by Gasteiger charge is -2.12. The van der Waals surface area contributed by atoms with Gasteiger partial charge >= 0.3 is 0 Å². The normalized spacial score (nSPS) is 11.8. The monoisotopic (exact) mass is 431 g/mol. The van der Waals surface area contributed by atoms with Gasteiger partial charge in [0, 0.05) is 44.8 Å². The number of anilines is 1. The second-order valence-electron chi connectivity index (χ2n) is 5.87. The number of benzene rings is 3. The third kappa shape index (κ3) is 5.77. The van der Waals surface area contributed by atoms with Gasteiger partial charge in [-0.3, -0.25) is 4.79 Å². The minimum atomic E-state index is -1.26. The minimum Gasteiger partial charge on any atom is -0.611 e. The summed E-state index contributed by atoms with van der Waals surface area (Å²) in [6.07, 6.45) is 0. The smallest absolute Gasteiger partial charge is 0.255 e. The summed E-state index contributed by atoms with van der Waals surface area (Å²) in [7, 11) is 1.60. The van der Waals surface area contributed by atoms with Crippen molar-refractivity contribution in [2.45, 2.75) is 15.5 Å². The predicted molar refractivity (Wildman–Crippen MR) is 115 cm³/mol. The van der Waals surface area contributed by atoms with Gasteiger partial charge in [-0.25, -0.2) is 0 Å². The number of amides is 1. The maximum Gasteiger partial charge on any atom is 0.255 e. The lowest BCUT2D eigenvalue weighted by molar-refractivity contribution is 0.102. The molecule has 3 aromatic rings. The Morgan fingerprint density at radius 2 is 1.82 bits per heavy atom. The summed E-state index contributed by atoms with van der Waals surface area (Å²) >= 11 is 5.88. The number of rotatable bonds is 7. The first-order chi connectivity index (χ1) is 13.5. The van der Waals surface area contributed by atoms with E-state index in [4.69, 9.17) is 15.8 Å². The number of hydrogen-bond acceptors (Lipinski definition) is 4. The molecule has 1 amide bonds. The molecule has 0 aliphatic rings. The van der Waals surface area contributed by atoms with Gasteiger partial charge in [-0.2, -0.15) is 0 Å². The van der Waals surface area contributed by atoms with Gasteiger partial charge < -0.3 is 14.1 Å². The summed E-state index contributed by atoms with van der Waals surface area (Å²) in [5, 5.41) is 3.49. The molecule has 0 spiro atoms. The van der Waals surface area contributed by atoms with Crippen LogP contribution in [0.25, 0.3) is 0 Å². The van der Waals surface area contributed by atoms with E-state index in [9.17, 15) is 9.35 Å². The van der Waals surface area contributed by atoms with Crippen molar-refractivity contribution in [1.29, 1.82) is 0 Å². The van der Waals surface area contributed by atoms with E-state index < -0.39 is 11.2 Å². The second-order valence-corrected chi connectivity index (χ2v) is 8.73. The number of hydrogen-bond donors (Lipinski definition) is 1. The SMILES string of the molecule is COSc1ccc(NC(=O)c2cccc([S+]([O-])Cc3ccc(Cl)cc3)c2)cc1. The van der Waals surface area contributed by atoms with Crippen molar-refractivity contribution in [3.05, 3.63) is 88.9 Å². The standard InChI is InChI=1S/C21H18ClNO3S2/c1-26-27-19-11-9-18(10-12-19)23-21(24)16-3-2-4-20(13-16)28(25)14-15-5-7-17(22)8-6-15/h2-13H,14H2,1H3,(H,23,24). The summed E-state index contributed by atoms with van der Waals surface area (Å²) in [4.78, 5) is 14.1. The molecule has 0 heterocycles. The molecule has 1 N–H and O–H groups in total. The van der Waals surface area contributed by atoms with Crippen molar-refractivity contribution >= 4 is 46.4 Å². The molecule has 0 saturated carbocycles. The predicted octanol–water partition coefficient (Wildman–Crippen LogP) is 5.55. The molecule has 0 aliphatic heterocycles. The van der Waals surface area contributed by atoms with E-state index in [1.807, 2.05) is 36.4 Å². The largest absolute Gasteiger partial charge is 0.611 e. The Morgan fingerprint density at radius 1 is 1.11 bits per heavy atom. The number of carbonyl (C=O) groups is 1. The van der Waals surface area contributed by atoms with Crippen molar-refractivity contribution in [1.82, 2.24) is 0 Å². The Kier molecular flexibility index (Phi) is 7.42. The van der Waals surface area contributed by atoms with Crippen molar-refractivity contribution in [2.75, 3.05) is 12.4 Å². The molecule has 3 aromatic carbocycles. The molecule has 0 aromatic heterocycles. The van der Waals surface area contributed by atoms with E-state index >= 15 is 0 Å². The Morgan fingerprint density at radius 3 is 2.50 bits per heavy atom. The van der Waals surface area contributed by atoms with Crippen LogP contribution in [0.3, 0.4) is 0 Å². The first kappa shape index (κ1) is 20.8. The highest BCUT2D eigenvalue weighted by molar-refractivity contribution is 7.94. The molecule has 0 saturated heterocycles. The van der Waals surface area contributed by atoms with E-state index in [-0.39, 0.29) is 5.91 Å². The maximum absolute atomic E-state index is 12.7. The summed E-state index contributed by atoms with van der Waals surface area (Å²) < 4.78 is 17.7. The number of nitrogens with one attached hydrogen (secondary N) is 1. The van der Waals surface area contributed by atoms with E-state index in [2.05, 4.69) is 5.32 Å². The quantitative estimate of drug-likeness (QED) is 0.393. The fraction of sp³-hybridized carbons (Fsp3) is 0.0952. The molecule has 0 bridgehead atoms. The maximum atomic E-state index is 12.7. The van der Waals surface area contributed by atoms with Gasteiger partial charge in [-0.15, -0.1) is 0 Å². The topological polar surface area (TPSA) is 61.4 Å². The first-order valence-corrected chi connectivity index (χ1v) is 10.8. The van der Waals surface area contributed by atoms with E-state index in [1.165, 1.54) is 12.0 Å². The van der Waals surface area contributed by atoms with Gasteiger partial charge in [-0.1, -0.05) is 29.8 Å². The first-order valence-electron chi connectivity index (χ1n) is 8.40. The molecule has 144 valence electrons. The van der Waals surface area contributed by atoms with Crippen molar-refractivity contribution in [3.63, 3.8) is 0 Å². The van der Waals surface area contributed by atoms with E-state index in [0.29, 0.717) is 26.9 Å². The zero-order chi connectivity index (χ0) is 19.9. The van der Waals surface area contributed by atoms with Crippen LogP contribution in [0.1, 0.15) is 15.9 Å². The van der Waals surface area contributed by atoms with Gasteiger partial charge in [0.25, 0.3) is 5.91 Å². The molecule has 4 nitrogen and oxygen atoms in total. The zero-order valence-electron chi connectivity index (χ0n) is 15.1. The van der Waals surface area contributed by atoms with Gasteiger partial charge in [0.1, 0.15) is 5.75 Å². The summed E-state index contributed by atoms with van der Waals surface area (Å²) in [5.74, 6) is 0.110. The van der Waals surface area contributed by atoms with Crippen LogP contribution < -0.4 is 5.32 Å². The zero-order valence-corrected chi connectivity index (χ0v) is 17.4. The molecule has 7 heteroatoms. The van der Waals surface area contributed by atoms with Crippen molar-refractivity contribution in [3.8, 4) is 0 Å². The molecule has 1 unspecified atom stereocenters. The van der Waals surface area contributed by atoms with Crippen LogP contribution in [-0.4, -0.2) is 17.6 Å². The summed E-state index contributed by atoms with van der Waals surface area (Å²) in [6, 6.07) is 21.5. The summed E-state index contributed by atoms with van der Waals surface area (Å²) in [6.45, 7) is 0. The lowest BCUT2D eigenvalue weighted by atomic mass is 10.2. The molecule has 0 radical (unpaired) electrons. The van der Waals surface area contributed by atoms with Crippen LogP contribution >= 0.6 is 23.6 Å². The number of carbonyl (C=O) groups excluding carboxylic acids is 1. The highest BCUT2D eigenvalue weighted by Gasteiger charge is 2.15. The molecular weight excluding hydrogens is 414 g/mol. The molecule has 1 atom stereocenters. The second kappa shape index (κ2) is 10.0. The van der Waals surface area contributed by atoms with Gasteiger partial charge in [0.15, 0.2) is 4.90 Å². The van der Waals surface area contributed by atoms with Crippen LogP contribution in [0.15, 0.2) is 82.6 Å². The highest BCUT2D eigenvalue weighted by atomic mass is 35.5. The van der Waals surface area contributed by atoms with Gasteiger partial charge in [0.05, 0.1) is 7.11 Å². The van der Waals surface area contributed by atoms with Crippen LogP contribution in [-0.2, 0) is 21.1 Å². The van der Waals surface area contributed by atoms with E-state index in [1.54, 1.807) is 43.5 Å². The van der Waals surface area contributed by atoms with Crippen LogP contribution in [0.4, 0.5) is 5.69 Å². The molecule has 3 rings (SSSR count). The van der Waals surface area contributed by atoms with Gasteiger partial charge in [0.2, 0.25) is 0 Å². The molecular formula is C21H18ClNO3S2. The van der Waals surface area contributed by atoms with Crippen molar-refractivity contribution < 1.29 is 13.5 Å². The Bertz CT molecular complexity index is 933. The van der Waals surface area contributed by atoms with Crippen LogP contribution in [0.2, 0.25) is 5.02 Å². The fourth-order valence-corrected chi connectivity index (χ4v) is 4.20. The average Bonchev–Trinajstić information content (AvgIpc) is 2.71. The van der Waals surface area contributed by atoms with Crippen LogP contribution in [0, 0.1) is 0 Å². The molecule has 0 fully saturated rings. The highest BCUT2D eigenvalue weighted by Crippen LogP contribution is 2.22. The summed E-state index contributed by atoms with van der Waals surface area (Å²) in [5.41, 5.74) is 2.06. The Hall–Kier alpha value is -1.96. The lowest BCUT2D eigenvalue weighted by Crippen LogP contribution is -2.13. The average molecular weight is 432 g/mol. The minimum absolute atomic E-state index is 0.252. The van der Waals surface area contributed by atoms with E-state index in [0.717, 1.165) is 10.5 Å².